The van der Waals surface area contributed by atoms with Gasteiger partial charge in [0.05, 0.1) is 11.6 Å². The highest BCUT2D eigenvalue weighted by Crippen LogP contribution is 2.21. The molecular formula is C18H27N3O3. The first-order valence-corrected chi connectivity index (χ1v) is 8.92. The summed E-state index contributed by atoms with van der Waals surface area (Å²) < 4.78 is 5.48. The Morgan fingerprint density at radius 3 is 2.83 bits per heavy atom. The Hall–Kier alpha value is -1.82. The summed E-state index contributed by atoms with van der Waals surface area (Å²) in [5, 5.41) is 6.27. The first kappa shape index (κ1) is 17.0. The summed E-state index contributed by atoms with van der Waals surface area (Å²) in [7, 11) is 0. The third-order valence-electron chi connectivity index (χ3n) is 5.02. The minimum atomic E-state index is -0.0390. The Morgan fingerprint density at radius 1 is 1.33 bits per heavy atom. The summed E-state index contributed by atoms with van der Waals surface area (Å²) in [4.78, 5) is 26.7. The molecule has 132 valence electrons. The van der Waals surface area contributed by atoms with Crippen LogP contribution in [0.25, 0.3) is 0 Å². The van der Waals surface area contributed by atoms with E-state index in [1.165, 1.54) is 0 Å². The fraction of sp³-hybridized carbons (Fsp3) is 0.667. The van der Waals surface area contributed by atoms with E-state index in [9.17, 15) is 9.59 Å². The molecule has 0 radical (unpaired) electrons. The molecule has 24 heavy (non-hydrogen) atoms. The van der Waals surface area contributed by atoms with Gasteiger partial charge in [-0.25, -0.2) is 0 Å². The number of amides is 2. The number of hydrogen-bond donors (Lipinski definition) is 2. The Balaban J connectivity index is 1.53. The summed E-state index contributed by atoms with van der Waals surface area (Å²) >= 11 is 0. The van der Waals surface area contributed by atoms with Crippen LogP contribution in [0.1, 0.15) is 47.6 Å². The van der Waals surface area contributed by atoms with E-state index in [1.54, 1.807) is 0 Å². The van der Waals surface area contributed by atoms with Crippen molar-refractivity contribution in [2.24, 2.45) is 5.92 Å². The average Bonchev–Trinajstić information content (AvgIpc) is 3.22. The minimum absolute atomic E-state index is 0.0390. The van der Waals surface area contributed by atoms with Gasteiger partial charge in [-0.3, -0.25) is 9.59 Å². The van der Waals surface area contributed by atoms with Gasteiger partial charge in [0.25, 0.3) is 5.91 Å². The average molecular weight is 333 g/mol. The molecule has 0 aliphatic carbocycles. The van der Waals surface area contributed by atoms with Crippen LogP contribution in [0.3, 0.4) is 0 Å². The van der Waals surface area contributed by atoms with Crippen molar-refractivity contribution < 1.29 is 14.0 Å². The number of carbonyl (C=O) groups is 2. The molecule has 2 aliphatic heterocycles. The number of hydrogen-bond acceptors (Lipinski definition) is 4. The third-order valence-corrected chi connectivity index (χ3v) is 5.02. The second-order valence-electron chi connectivity index (χ2n) is 6.98. The lowest BCUT2D eigenvalue weighted by Crippen LogP contribution is -2.46. The number of carbonyl (C=O) groups excluding carboxylic acids is 2. The van der Waals surface area contributed by atoms with Gasteiger partial charge in [-0.1, -0.05) is 0 Å². The maximum atomic E-state index is 12.7. The molecule has 2 atom stereocenters. The van der Waals surface area contributed by atoms with Crippen LogP contribution in [0.15, 0.2) is 10.5 Å². The standard InChI is InChI=1S/C18H27N3O3/c1-12-9-15(13(2)24-12)18(23)21-8-4-5-14(11-21)10-20-17(22)16-6-3-7-19-16/h9,14,16,19H,3-8,10-11H2,1-2H3,(H,20,22). The van der Waals surface area contributed by atoms with E-state index in [-0.39, 0.29) is 17.9 Å². The van der Waals surface area contributed by atoms with E-state index in [1.807, 2.05) is 24.8 Å². The molecule has 1 aromatic heterocycles. The third kappa shape index (κ3) is 3.80. The summed E-state index contributed by atoms with van der Waals surface area (Å²) in [6, 6.07) is 1.78. The summed E-state index contributed by atoms with van der Waals surface area (Å²) in [5.74, 6) is 1.90. The van der Waals surface area contributed by atoms with Gasteiger partial charge in [-0.05, 0) is 58.1 Å². The highest BCUT2D eigenvalue weighted by atomic mass is 16.3. The topological polar surface area (TPSA) is 74.6 Å². The molecule has 1 aromatic rings. The predicted octanol–water partition coefficient (Wildman–Crippen LogP) is 1.62. The molecule has 2 amide bonds. The Morgan fingerprint density at radius 2 is 2.17 bits per heavy atom. The number of furan rings is 1. The van der Waals surface area contributed by atoms with Crippen molar-refractivity contribution in [1.29, 1.82) is 0 Å². The van der Waals surface area contributed by atoms with Crippen molar-refractivity contribution >= 4 is 11.8 Å². The molecule has 2 N–H and O–H groups in total. The maximum Gasteiger partial charge on any atom is 0.257 e. The van der Waals surface area contributed by atoms with Gasteiger partial charge in [0, 0.05) is 19.6 Å². The van der Waals surface area contributed by atoms with E-state index < -0.39 is 0 Å². The molecule has 3 rings (SSSR count). The van der Waals surface area contributed by atoms with Crippen LogP contribution in [0, 0.1) is 19.8 Å². The van der Waals surface area contributed by atoms with Gasteiger partial charge in [0.2, 0.25) is 5.91 Å². The van der Waals surface area contributed by atoms with Gasteiger partial charge in [-0.15, -0.1) is 0 Å². The predicted molar refractivity (Wildman–Crippen MR) is 90.8 cm³/mol. The SMILES string of the molecule is Cc1cc(C(=O)N2CCCC(CNC(=O)C3CCCN3)C2)c(C)o1. The highest BCUT2D eigenvalue weighted by molar-refractivity contribution is 5.95. The molecule has 2 unspecified atom stereocenters. The highest BCUT2D eigenvalue weighted by Gasteiger charge is 2.28. The lowest BCUT2D eigenvalue weighted by Gasteiger charge is -2.33. The fourth-order valence-electron chi connectivity index (χ4n) is 3.71. The summed E-state index contributed by atoms with van der Waals surface area (Å²) in [6.07, 6.45) is 4.00. The first-order valence-electron chi connectivity index (χ1n) is 8.92. The molecule has 0 spiro atoms. The molecule has 2 aliphatic rings. The quantitative estimate of drug-likeness (QED) is 0.878. The molecule has 3 heterocycles. The Kier molecular flexibility index (Phi) is 5.23. The van der Waals surface area contributed by atoms with E-state index >= 15 is 0 Å². The molecule has 0 aromatic carbocycles. The number of piperidine rings is 1. The maximum absolute atomic E-state index is 12.7. The van der Waals surface area contributed by atoms with Gasteiger partial charge in [0.15, 0.2) is 0 Å². The van der Waals surface area contributed by atoms with Crippen molar-refractivity contribution in [3.05, 3.63) is 23.2 Å². The number of aryl methyl sites for hydroxylation is 2. The molecule has 0 bridgehead atoms. The number of nitrogens with zero attached hydrogens (tertiary/aromatic N) is 1. The van der Waals surface area contributed by atoms with Gasteiger partial charge in [-0.2, -0.15) is 0 Å². The molecule has 2 saturated heterocycles. The van der Waals surface area contributed by atoms with Crippen molar-refractivity contribution in [3.8, 4) is 0 Å². The first-order chi connectivity index (χ1) is 11.5. The summed E-state index contributed by atoms with van der Waals surface area (Å²) in [5.41, 5.74) is 0.660. The largest absolute Gasteiger partial charge is 0.466 e. The second kappa shape index (κ2) is 7.38. The van der Waals surface area contributed by atoms with Crippen molar-refractivity contribution in [3.63, 3.8) is 0 Å². The van der Waals surface area contributed by atoms with Gasteiger partial charge in [0.1, 0.15) is 11.5 Å². The minimum Gasteiger partial charge on any atom is -0.466 e. The van der Waals surface area contributed by atoms with E-state index in [0.29, 0.717) is 30.3 Å². The zero-order chi connectivity index (χ0) is 17.1. The van der Waals surface area contributed by atoms with Crippen molar-refractivity contribution in [1.82, 2.24) is 15.5 Å². The zero-order valence-corrected chi connectivity index (χ0v) is 14.6. The van der Waals surface area contributed by atoms with Crippen molar-refractivity contribution in [2.45, 2.75) is 45.6 Å². The van der Waals surface area contributed by atoms with E-state index in [0.717, 1.165) is 44.5 Å². The number of nitrogens with one attached hydrogen (secondary N) is 2. The smallest absolute Gasteiger partial charge is 0.257 e. The van der Waals surface area contributed by atoms with Crippen LogP contribution in [-0.2, 0) is 4.79 Å². The molecule has 2 fully saturated rings. The number of rotatable bonds is 4. The zero-order valence-electron chi connectivity index (χ0n) is 14.6. The van der Waals surface area contributed by atoms with E-state index in [2.05, 4.69) is 10.6 Å². The van der Waals surface area contributed by atoms with Gasteiger partial charge >= 0.3 is 0 Å². The van der Waals surface area contributed by atoms with Crippen LogP contribution in [0.5, 0.6) is 0 Å². The summed E-state index contributed by atoms with van der Waals surface area (Å²) in [6.45, 7) is 6.72. The van der Waals surface area contributed by atoms with Crippen LogP contribution in [0.4, 0.5) is 0 Å². The Labute approximate surface area is 143 Å². The molecular weight excluding hydrogens is 306 g/mol. The normalized spacial score (nSPS) is 24.2. The second-order valence-corrected chi connectivity index (χ2v) is 6.98. The molecule has 6 heteroatoms. The fourth-order valence-corrected chi connectivity index (χ4v) is 3.71. The van der Waals surface area contributed by atoms with Gasteiger partial charge < -0.3 is 20.0 Å². The number of likely N-dealkylation sites (tertiary alicyclic amines) is 1. The van der Waals surface area contributed by atoms with Crippen molar-refractivity contribution in [2.75, 3.05) is 26.2 Å². The van der Waals surface area contributed by atoms with Crippen LogP contribution < -0.4 is 10.6 Å². The van der Waals surface area contributed by atoms with Crippen LogP contribution in [-0.4, -0.2) is 48.9 Å². The Bertz CT molecular complexity index is 605. The molecule has 0 saturated carbocycles. The van der Waals surface area contributed by atoms with E-state index in [4.69, 9.17) is 4.42 Å². The van der Waals surface area contributed by atoms with Crippen LogP contribution >= 0.6 is 0 Å². The van der Waals surface area contributed by atoms with Crippen LogP contribution in [0.2, 0.25) is 0 Å². The monoisotopic (exact) mass is 333 g/mol. The lowest BCUT2D eigenvalue weighted by atomic mass is 9.97. The molecule has 6 nitrogen and oxygen atoms in total. The lowest BCUT2D eigenvalue weighted by molar-refractivity contribution is -0.123.